The van der Waals surface area contributed by atoms with E-state index in [4.69, 9.17) is 5.73 Å². The molecule has 0 bridgehead atoms. The van der Waals surface area contributed by atoms with Gasteiger partial charge < -0.3 is 5.73 Å². The Morgan fingerprint density at radius 1 is 1.28 bits per heavy atom. The first-order valence-electron chi connectivity index (χ1n) is 6.31. The zero-order valence-electron chi connectivity index (χ0n) is 10.6. The Hall–Kier alpha value is -1.46. The molecule has 1 fully saturated rings. The summed E-state index contributed by atoms with van der Waals surface area (Å²) in [7, 11) is 0. The minimum atomic E-state index is -0.774. The van der Waals surface area contributed by atoms with Crippen LogP contribution >= 0.6 is 0 Å². The summed E-state index contributed by atoms with van der Waals surface area (Å²) >= 11 is 0. The molecule has 1 atom stereocenters. The Morgan fingerprint density at radius 2 is 1.89 bits per heavy atom. The quantitative estimate of drug-likeness (QED) is 0.658. The van der Waals surface area contributed by atoms with Crippen LogP contribution in [0.3, 0.4) is 0 Å². The van der Waals surface area contributed by atoms with Crippen molar-refractivity contribution in [2.24, 2.45) is 5.73 Å². The minimum absolute atomic E-state index is 0.105. The zero-order chi connectivity index (χ0) is 13.2. The summed E-state index contributed by atoms with van der Waals surface area (Å²) < 4.78 is 0. The lowest BCUT2D eigenvalue weighted by Crippen LogP contribution is -2.53. The van der Waals surface area contributed by atoms with Gasteiger partial charge in [-0.25, -0.2) is 0 Å². The Morgan fingerprint density at radius 3 is 2.50 bits per heavy atom. The molecule has 1 heterocycles. The van der Waals surface area contributed by atoms with Crippen LogP contribution in [0.25, 0.3) is 0 Å². The highest BCUT2D eigenvalue weighted by atomic mass is 16.6. The van der Waals surface area contributed by atoms with Gasteiger partial charge in [-0.05, 0) is 25.8 Å². The molecule has 0 radical (unpaired) electrons. The third-order valence-corrected chi connectivity index (χ3v) is 3.66. The van der Waals surface area contributed by atoms with Crippen LogP contribution in [0.15, 0.2) is 24.3 Å². The van der Waals surface area contributed by atoms with Crippen LogP contribution in [0.5, 0.6) is 0 Å². The van der Waals surface area contributed by atoms with Crippen molar-refractivity contribution in [1.29, 1.82) is 0 Å². The highest BCUT2D eigenvalue weighted by molar-refractivity contribution is 5.44. The van der Waals surface area contributed by atoms with Crippen LogP contribution < -0.4 is 5.73 Å². The Bertz CT molecular complexity index is 440. The molecule has 5 heteroatoms. The van der Waals surface area contributed by atoms with Crippen LogP contribution in [0, 0.1) is 10.1 Å². The Kier molecular flexibility index (Phi) is 3.63. The van der Waals surface area contributed by atoms with Crippen LogP contribution in [0.1, 0.15) is 31.7 Å². The van der Waals surface area contributed by atoms with E-state index in [1.54, 1.807) is 18.2 Å². The summed E-state index contributed by atoms with van der Waals surface area (Å²) in [5.74, 6) is 0. The average molecular weight is 249 g/mol. The number of rotatable bonds is 3. The lowest BCUT2D eigenvalue weighted by atomic mass is 9.96. The molecule has 1 aromatic carbocycles. The number of benzene rings is 1. The van der Waals surface area contributed by atoms with Crippen LogP contribution in [-0.2, 0) is 5.66 Å². The van der Waals surface area contributed by atoms with Gasteiger partial charge in [0.15, 0.2) is 0 Å². The number of hydrogen-bond donors (Lipinski definition) is 1. The monoisotopic (exact) mass is 249 g/mol. The number of para-hydroxylation sites is 1. The highest BCUT2D eigenvalue weighted by Gasteiger charge is 2.35. The van der Waals surface area contributed by atoms with Crippen molar-refractivity contribution in [3.63, 3.8) is 0 Å². The van der Waals surface area contributed by atoms with Gasteiger partial charge in [0, 0.05) is 19.2 Å². The van der Waals surface area contributed by atoms with Gasteiger partial charge in [-0.3, -0.25) is 15.0 Å². The summed E-state index contributed by atoms with van der Waals surface area (Å²) in [5, 5.41) is 11.1. The summed E-state index contributed by atoms with van der Waals surface area (Å²) in [6.45, 7) is 3.67. The van der Waals surface area contributed by atoms with E-state index in [9.17, 15) is 10.1 Å². The van der Waals surface area contributed by atoms with Gasteiger partial charge >= 0.3 is 0 Å². The molecule has 1 aromatic rings. The molecule has 0 spiro atoms. The second-order valence-electron chi connectivity index (χ2n) is 4.97. The first-order chi connectivity index (χ1) is 8.53. The number of likely N-dealkylation sites (tertiary alicyclic amines) is 1. The molecular weight excluding hydrogens is 230 g/mol. The molecule has 2 rings (SSSR count). The first kappa shape index (κ1) is 13.0. The van der Waals surface area contributed by atoms with Gasteiger partial charge in [-0.15, -0.1) is 0 Å². The van der Waals surface area contributed by atoms with E-state index >= 15 is 0 Å². The van der Waals surface area contributed by atoms with Crippen molar-refractivity contribution >= 4 is 5.69 Å². The van der Waals surface area contributed by atoms with Crippen molar-refractivity contribution in [3.8, 4) is 0 Å². The van der Waals surface area contributed by atoms with E-state index < -0.39 is 5.66 Å². The maximum atomic E-state index is 11.1. The molecular formula is C13H19N3O2. The number of hydrogen-bond acceptors (Lipinski definition) is 4. The van der Waals surface area contributed by atoms with Crippen LogP contribution in [0.2, 0.25) is 0 Å². The lowest BCUT2D eigenvalue weighted by Gasteiger charge is -2.40. The maximum Gasteiger partial charge on any atom is 0.275 e. The number of nitrogens with two attached hydrogens (primary N) is 1. The smallest absolute Gasteiger partial charge is 0.275 e. The van der Waals surface area contributed by atoms with Gasteiger partial charge in [0.05, 0.1) is 16.1 Å². The largest absolute Gasteiger partial charge is 0.309 e. The highest BCUT2D eigenvalue weighted by Crippen LogP contribution is 2.32. The van der Waals surface area contributed by atoms with Crippen LogP contribution in [-0.4, -0.2) is 22.9 Å². The van der Waals surface area contributed by atoms with Crippen LogP contribution in [0.4, 0.5) is 5.69 Å². The minimum Gasteiger partial charge on any atom is -0.309 e. The summed E-state index contributed by atoms with van der Waals surface area (Å²) in [5.41, 5.74) is 6.30. The molecule has 1 aliphatic rings. The fourth-order valence-corrected chi connectivity index (χ4v) is 2.59. The molecule has 0 aromatic heterocycles. The van der Waals surface area contributed by atoms with Gasteiger partial charge in [0.25, 0.3) is 5.69 Å². The third kappa shape index (κ3) is 2.37. The van der Waals surface area contributed by atoms with E-state index in [1.807, 2.05) is 6.92 Å². The van der Waals surface area contributed by atoms with Gasteiger partial charge in [-0.2, -0.15) is 0 Å². The standard InChI is InChI=1S/C13H19N3O2/c1-13(14,15-9-5-2-6-10-15)11-7-3-4-8-12(11)16(17)18/h3-4,7-8H,2,5-6,9-10,14H2,1H3. The van der Waals surface area contributed by atoms with E-state index in [1.165, 1.54) is 12.5 Å². The van der Waals surface area contributed by atoms with Crippen molar-refractivity contribution in [3.05, 3.63) is 39.9 Å². The topological polar surface area (TPSA) is 72.4 Å². The molecule has 1 aliphatic heterocycles. The summed E-state index contributed by atoms with van der Waals surface area (Å²) in [4.78, 5) is 12.9. The number of piperidine rings is 1. The number of nitro groups is 1. The Labute approximate surface area is 107 Å². The predicted octanol–water partition coefficient (Wildman–Crippen LogP) is 2.21. The van der Waals surface area contributed by atoms with Gasteiger partial charge in [0.1, 0.15) is 0 Å². The predicted molar refractivity (Wildman–Crippen MR) is 70.1 cm³/mol. The van der Waals surface area contributed by atoms with E-state index in [-0.39, 0.29) is 10.6 Å². The maximum absolute atomic E-state index is 11.1. The van der Waals surface area contributed by atoms with Crippen molar-refractivity contribution in [2.45, 2.75) is 31.8 Å². The fraction of sp³-hybridized carbons (Fsp3) is 0.538. The van der Waals surface area contributed by atoms with Gasteiger partial charge in [-0.1, -0.05) is 18.6 Å². The lowest BCUT2D eigenvalue weighted by molar-refractivity contribution is -0.386. The number of nitro benzene ring substituents is 1. The summed E-state index contributed by atoms with van der Waals surface area (Å²) in [6, 6.07) is 6.75. The third-order valence-electron chi connectivity index (χ3n) is 3.66. The Balaban J connectivity index is 2.36. The average Bonchev–Trinajstić information content (AvgIpc) is 2.39. The van der Waals surface area contributed by atoms with E-state index in [0.717, 1.165) is 25.9 Å². The molecule has 0 saturated carbocycles. The fourth-order valence-electron chi connectivity index (χ4n) is 2.59. The summed E-state index contributed by atoms with van der Waals surface area (Å²) in [6.07, 6.45) is 3.42. The molecule has 0 amide bonds. The number of nitrogens with zero attached hydrogens (tertiary/aromatic N) is 2. The first-order valence-corrected chi connectivity index (χ1v) is 6.31. The molecule has 5 nitrogen and oxygen atoms in total. The van der Waals surface area contributed by atoms with Crippen molar-refractivity contribution in [2.75, 3.05) is 13.1 Å². The molecule has 2 N–H and O–H groups in total. The molecule has 18 heavy (non-hydrogen) atoms. The molecule has 98 valence electrons. The van der Waals surface area contributed by atoms with Crippen molar-refractivity contribution < 1.29 is 4.92 Å². The second kappa shape index (κ2) is 5.04. The molecule has 0 aliphatic carbocycles. The van der Waals surface area contributed by atoms with Gasteiger partial charge in [0.2, 0.25) is 0 Å². The van der Waals surface area contributed by atoms with E-state index in [0.29, 0.717) is 5.56 Å². The normalized spacial score (nSPS) is 20.3. The van der Waals surface area contributed by atoms with Crippen molar-refractivity contribution in [1.82, 2.24) is 4.90 Å². The second-order valence-corrected chi connectivity index (χ2v) is 4.97. The molecule has 1 saturated heterocycles. The zero-order valence-corrected chi connectivity index (χ0v) is 10.6. The SMILES string of the molecule is CC(N)(c1ccccc1[N+](=O)[O-])N1CCCCC1. The van der Waals surface area contributed by atoms with E-state index in [2.05, 4.69) is 4.90 Å². The molecule has 1 unspecified atom stereocenters.